The van der Waals surface area contributed by atoms with E-state index in [1.165, 1.54) is 23.3 Å². The number of fused-ring (bicyclic) bond motifs is 1. The average Bonchev–Trinajstić information content (AvgIpc) is 2.83. The van der Waals surface area contributed by atoms with Crippen LogP contribution in [0.3, 0.4) is 0 Å². The Hall–Kier alpha value is -3.78. The number of nitrogens with zero attached hydrogens (tertiary/aromatic N) is 3. The molecular formula is C26H24N4O3S. The van der Waals surface area contributed by atoms with Crippen molar-refractivity contribution in [3.8, 4) is 5.82 Å². The highest BCUT2D eigenvalue weighted by Gasteiger charge is 2.16. The molecule has 0 aliphatic heterocycles. The number of Topliss-reactive ketones (excluding diaryl/α,β-unsaturated/α-hetero) is 1. The smallest absolute Gasteiger partial charge is 0.267 e. The van der Waals surface area contributed by atoms with Crippen molar-refractivity contribution in [3.63, 3.8) is 0 Å². The van der Waals surface area contributed by atoms with Crippen LogP contribution in [0.5, 0.6) is 0 Å². The number of rotatable bonds is 7. The van der Waals surface area contributed by atoms with Gasteiger partial charge in [0.15, 0.2) is 10.9 Å². The first-order valence-corrected chi connectivity index (χ1v) is 11.8. The van der Waals surface area contributed by atoms with Crippen molar-refractivity contribution < 1.29 is 9.59 Å². The summed E-state index contributed by atoms with van der Waals surface area (Å²) in [7, 11) is 0. The minimum Gasteiger partial charge on any atom is -0.350 e. The molecule has 0 aliphatic carbocycles. The molecule has 1 N–H and O–H groups in total. The van der Waals surface area contributed by atoms with Crippen molar-refractivity contribution in [1.82, 2.24) is 19.9 Å². The molecule has 0 saturated carbocycles. The number of nitrogens with one attached hydrogen (secondary N) is 1. The van der Waals surface area contributed by atoms with Crippen LogP contribution in [-0.4, -0.2) is 32.0 Å². The van der Waals surface area contributed by atoms with Gasteiger partial charge in [-0.1, -0.05) is 54.2 Å². The third-order valence-corrected chi connectivity index (χ3v) is 6.29. The van der Waals surface area contributed by atoms with E-state index in [0.29, 0.717) is 27.4 Å². The van der Waals surface area contributed by atoms with E-state index in [9.17, 15) is 14.4 Å². The van der Waals surface area contributed by atoms with Crippen molar-refractivity contribution >= 4 is 34.4 Å². The second kappa shape index (κ2) is 10.0. The Morgan fingerprint density at radius 3 is 2.47 bits per heavy atom. The summed E-state index contributed by atoms with van der Waals surface area (Å²) in [6.07, 6.45) is 1.69. The Kier molecular flexibility index (Phi) is 6.88. The number of aromatic nitrogens is 3. The van der Waals surface area contributed by atoms with E-state index in [-0.39, 0.29) is 29.0 Å². The molecule has 172 valence electrons. The minimum atomic E-state index is -0.229. The molecule has 2 aromatic heterocycles. The second-order valence-corrected chi connectivity index (χ2v) is 8.94. The SMILES string of the molecule is CC(=O)NC(C)c1ccc(C(=O)CSc2nc3ccccc3c(=O)n2-c2ccc(C)cn2)cc1. The Labute approximate surface area is 201 Å². The number of pyridine rings is 1. The number of amides is 1. The summed E-state index contributed by atoms with van der Waals surface area (Å²) >= 11 is 1.20. The molecule has 34 heavy (non-hydrogen) atoms. The molecule has 0 saturated heterocycles. The predicted octanol–water partition coefficient (Wildman–Crippen LogP) is 4.26. The topological polar surface area (TPSA) is 94.0 Å². The van der Waals surface area contributed by atoms with E-state index < -0.39 is 0 Å². The molecule has 1 atom stereocenters. The maximum Gasteiger partial charge on any atom is 0.267 e. The fourth-order valence-corrected chi connectivity index (χ4v) is 4.46. The third-order valence-electron chi connectivity index (χ3n) is 5.35. The summed E-state index contributed by atoms with van der Waals surface area (Å²) in [4.78, 5) is 46.5. The van der Waals surface area contributed by atoms with Gasteiger partial charge < -0.3 is 5.32 Å². The van der Waals surface area contributed by atoms with Crippen LogP contribution in [0.25, 0.3) is 16.7 Å². The normalized spacial score (nSPS) is 11.9. The molecule has 0 fully saturated rings. The molecular weight excluding hydrogens is 448 g/mol. The first-order chi connectivity index (χ1) is 16.3. The number of hydrogen-bond donors (Lipinski definition) is 1. The van der Waals surface area contributed by atoms with E-state index in [1.807, 2.05) is 38.1 Å². The maximum absolute atomic E-state index is 13.3. The monoisotopic (exact) mass is 472 g/mol. The summed E-state index contributed by atoms with van der Waals surface area (Å²) in [6, 6.07) is 17.8. The Morgan fingerprint density at radius 1 is 1.06 bits per heavy atom. The summed E-state index contributed by atoms with van der Waals surface area (Å²) in [6.45, 7) is 5.28. The van der Waals surface area contributed by atoms with Gasteiger partial charge >= 0.3 is 0 Å². The fraction of sp³-hybridized carbons (Fsp3) is 0.192. The number of ketones is 1. The van der Waals surface area contributed by atoms with Gasteiger partial charge in [-0.25, -0.2) is 14.5 Å². The second-order valence-electron chi connectivity index (χ2n) is 8.00. The van der Waals surface area contributed by atoms with Crippen LogP contribution in [0.15, 0.2) is 76.8 Å². The first kappa shape index (κ1) is 23.4. The van der Waals surface area contributed by atoms with Crippen LogP contribution < -0.4 is 10.9 Å². The van der Waals surface area contributed by atoms with Gasteiger partial charge in [-0.2, -0.15) is 0 Å². The van der Waals surface area contributed by atoms with Gasteiger partial charge in [0.2, 0.25) is 5.91 Å². The van der Waals surface area contributed by atoms with Crippen molar-refractivity contribution in [1.29, 1.82) is 0 Å². The quantitative estimate of drug-likeness (QED) is 0.245. The standard InChI is InChI=1S/C26H24N4O3S/c1-16-8-13-24(27-14-16)30-25(33)21-6-4-5-7-22(21)29-26(30)34-15-23(32)20-11-9-19(10-12-20)17(2)28-18(3)31/h4-14,17H,15H2,1-3H3,(H,28,31). The maximum atomic E-state index is 13.3. The summed E-state index contributed by atoms with van der Waals surface area (Å²) in [5.41, 5.74) is 2.78. The Balaban J connectivity index is 1.61. The molecule has 2 heterocycles. The number of benzene rings is 2. The molecule has 8 heteroatoms. The van der Waals surface area contributed by atoms with Gasteiger partial charge in [-0.15, -0.1) is 0 Å². The average molecular weight is 473 g/mol. The van der Waals surface area contributed by atoms with Crippen molar-refractivity contribution in [2.24, 2.45) is 0 Å². The number of para-hydroxylation sites is 1. The van der Waals surface area contributed by atoms with E-state index >= 15 is 0 Å². The number of aryl methyl sites for hydroxylation is 1. The van der Waals surface area contributed by atoms with Gasteiger partial charge in [0.05, 0.1) is 22.7 Å². The molecule has 4 aromatic rings. The van der Waals surface area contributed by atoms with Crippen molar-refractivity contribution in [2.75, 3.05) is 5.75 Å². The van der Waals surface area contributed by atoms with E-state index in [4.69, 9.17) is 0 Å². The zero-order valence-corrected chi connectivity index (χ0v) is 19.9. The minimum absolute atomic E-state index is 0.0884. The number of thioether (sulfide) groups is 1. The number of carbonyl (C=O) groups is 2. The first-order valence-electron chi connectivity index (χ1n) is 10.8. The summed E-state index contributed by atoms with van der Waals surface area (Å²) in [5, 5.41) is 3.72. The molecule has 1 amide bonds. The molecule has 0 spiro atoms. The zero-order valence-electron chi connectivity index (χ0n) is 19.1. The van der Waals surface area contributed by atoms with Gasteiger partial charge in [0.1, 0.15) is 5.82 Å². The molecule has 2 aromatic carbocycles. The van der Waals surface area contributed by atoms with Gasteiger partial charge in [-0.05, 0) is 43.2 Å². The van der Waals surface area contributed by atoms with Gasteiger partial charge in [0.25, 0.3) is 5.56 Å². The highest BCUT2D eigenvalue weighted by molar-refractivity contribution is 7.99. The van der Waals surface area contributed by atoms with E-state index in [1.54, 1.807) is 42.6 Å². The zero-order chi connectivity index (χ0) is 24.2. The van der Waals surface area contributed by atoms with Crippen LogP contribution in [0.4, 0.5) is 0 Å². The van der Waals surface area contributed by atoms with Crippen LogP contribution >= 0.6 is 11.8 Å². The highest BCUT2D eigenvalue weighted by Crippen LogP contribution is 2.22. The Bertz CT molecular complexity index is 1410. The van der Waals surface area contributed by atoms with Gasteiger partial charge in [0, 0.05) is 18.7 Å². The lowest BCUT2D eigenvalue weighted by Gasteiger charge is -2.14. The molecule has 0 aliphatic rings. The molecule has 0 radical (unpaired) electrons. The molecule has 4 rings (SSSR count). The van der Waals surface area contributed by atoms with Crippen LogP contribution in [0.1, 0.15) is 41.4 Å². The molecule has 1 unspecified atom stereocenters. The highest BCUT2D eigenvalue weighted by atomic mass is 32.2. The van der Waals surface area contributed by atoms with Crippen molar-refractivity contribution in [3.05, 3.63) is 93.9 Å². The molecule has 7 nitrogen and oxygen atoms in total. The third kappa shape index (κ3) is 5.07. The van der Waals surface area contributed by atoms with E-state index in [2.05, 4.69) is 15.3 Å². The van der Waals surface area contributed by atoms with Gasteiger partial charge in [-0.3, -0.25) is 14.4 Å². The van der Waals surface area contributed by atoms with Crippen LogP contribution in [0, 0.1) is 6.92 Å². The van der Waals surface area contributed by atoms with Crippen LogP contribution in [-0.2, 0) is 4.79 Å². The summed E-state index contributed by atoms with van der Waals surface area (Å²) in [5.74, 6) is 0.368. The lowest BCUT2D eigenvalue weighted by molar-refractivity contribution is -0.119. The fourth-order valence-electron chi connectivity index (χ4n) is 3.56. The number of hydrogen-bond acceptors (Lipinski definition) is 6. The lowest BCUT2D eigenvalue weighted by Crippen LogP contribution is -2.23. The van der Waals surface area contributed by atoms with Crippen LogP contribution in [0.2, 0.25) is 0 Å². The molecule has 0 bridgehead atoms. The van der Waals surface area contributed by atoms with Crippen molar-refractivity contribution in [2.45, 2.75) is 32.0 Å². The summed E-state index contributed by atoms with van der Waals surface area (Å²) < 4.78 is 1.46. The largest absolute Gasteiger partial charge is 0.350 e. The predicted molar refractivity (Wildman–Crippen MR) is 134 cm³/mol. The lowest BCUT2D eigenvalue weighted by atomic mass is 10.0. The number of carbonyl (C=O) groups excluding carboxylic acids is 2. The Morgan fingerprint density at radius 2 is 1.79 bits per heavy atom. The van der Waals surface area contributed by atoms with E-state index in [0.717, 1.165) is 11.1 Å².